The second-order valence-corrected chi connectivity index (χ2v) is 4.95. The van der Waals surface area contributed by atoms with Crippen molar-refractivity contribution in [3.05, 3.63) is 60.9 Å². The van der Waals surface area contributed by atoms with Crippen LogP contribution in [0.25, 0.3) is 11.4 Å². The summed E-state index contributed by atoms with van der Waals surface area (Å²) in [5.74, 6) is 3.31. The molecule has 2 aromatic heterocycles. The van der Waals surface area contributed by atoms with Crippen LogP contribution in [0.4, 0.5) is 17.5 Å². The molecule has 0 radical (unpaired) electrons. The van der Waals surface area contributed by atoms with Crippen molar-refractivity contribution < 1.29 is 4.52 Å². The standard InChI is InChI=1S/C17H17N5O/c1-3-9-18-14-11-15(19-16-10-12(2)23-22-16)21-17(20-14)13-7-5-4-6-8-13/h3-8,10-11H,1,9H2,2H3,(H2,18,19,20,21,22). The van der Waals surface area contributed by atoms with E-state index in [1.165, 1.54) is 0 Å². The van der Waals surface area contributed by atoms with E-state index in [0.717, 1.165) is 11.3 Å². The molecular formula is C17H17N5O. The van der Waals surface area contributed by atoms with E-state index < -0.39 is 0 Å². The van der Waals surface area contributed by atoms with Crippen LogP contribution in [0.3, 0.4) is 0 Å². The number of aromatic nitrogens is 3. The molecule has 0 aliphatic heterocycles. The number of nitrogens with one attached hydrogen (secondary N) is 2. The molecule has 3 aromatic rings. The lowest BCUT2D eigenvalue weighted by Crippen LogP contribution is -2.04. The molecule has 3 rings (SSSR count). The highest BCUT2D eigenvalue weighted by atomic mass is 16.5. The Bertz CT molecular complexity index is 798. The predicted octanol–water partition coefficient (Wildman–Crippen LogP) is 3.78. The molecule has 0 bridgehead atoms. The highest BCUT2D eigenvalue weighted by Crippen LogP contribution is 2.22. The van der Waals surface area contributed by atoms with E-state index in [9.17, 15) is 0 Å². The van der Waals surface area contributed by atoms with E-state index in [4.69, 9.17) is 4.52 Å². The molecule has 6 nitrogen and oxygen atoms in total. The van der Waals surface area contributed by atoms with E-state index in [1.54, 1.807) is 12.1 Å². The predicted molar refractivity (Wildman–Crippen MR) is 90.7 cm³/mol. The van der Waals surface area contributed by atoms with Gasteiger partial charge in [-0.05, 0) is 6.92 Å². The summed E-state index contributed by atoms with van der Waals surface area (Å²) in [5, 5.41) is 10.2. The Morgan fingerprint density at radius 2 is 1.87 bits per heavy atom. The van der Waals surface area contributed by atoms with Gasteiger partial charge in [0.2, 0.25) is 0 Å². The van der Waals surface area contributed by atoms with E-state index in [2.05, 4.69) is 32.3 Å². The Labute approximate surface area is 134 Å². The van der Waals surface area contributed by atoms with Gasteiger partial charge in [0.05, 0.1) is 0 Å². The fourth-order valence-corrected chi connectivity index (χ4v) is 2.05. The average Bonchev–Trinajstić information content (AvgIpc) is 2.98. The topological polar surface area (TPSA) is 75.9 Å². The van der Waals surface area contributed by atoms with Crippen molar-refractivity contribution in [2.45, 2.75) is 6.92 Å². The van der Waals surface area contributed by atoms with Crippen molar-refractivity contribution in [2.24, 2.45) is 0 Å². The number of aryl methyl sites for hydroxylation is 1. The molecule has 116 valence electrons. The Hall–Kier alpha value is -3.15. The molecule has 6 heteroatoms. The fourth-order valence-electron chi connectivity index (χ4n) is 2.05. The number of hydrogen-bond acceptors (Lipinski definition) is 6. The van der Waals surface area contributed by atoms with Crippen LogP contribution in [0.15, 0.2) is 59.6 Å². The maximum Gasteiger partial charge on any atom is 0.175 e. The van der Waals surface area contributed by atoms with Crippen molar-refractivity contribution in [1.29, 1.82) is 0 Å². The normalized spacial score (nSPS) is 10.3. The lowest BCUT2D eigenvalue weighted by atomic mass is 10.2. The van der Waals surface area contributed by atoms with Gasteiger partial charge in [-0.25, -0.2) is 9.97 Å². The van der Waals surface area contributed by atoms with Crippen molar-refractivity contribution in [2.75, 3.05) is 17.2 Å². The van der Waals surface area contributed by atoms with Crippen LogP contribution in [0, 0.1) is 6.92 Å². The zero-order valence-electron chi connectivity index (χ0n) is 12.8. The number of anilines is 3. The maximum absolute atomic E-state index is 5.06. The highest BCUT2D eigenvalue weighted by Gasteiger charge is 2.08. The first-order chi connectivity index (χ1) is 11.2. The van der Waals surface area contributed by atoms with Crippen molar-refractivity contribution in [1.82, 2.24) is 15.1 Å². The molecule has 2 N–H and O–H groups in total. The molecule has 0 saturated carbocycles. The summed E-state index contributed by atoms with van der Waals surface area (Å²) >= 11 is 0. The van der Waals surface area contributed by atoms with Gasteiger partial charge in [-0.3, -0.25) is 0 Å². The van der Waals surface area contributed by atoms with Gasteiger partial charge < -0.3 is 15.2 Å². The monoisotopic (exact) mass is 307 g/mol. The minimum Gasteiger partial charge on any atom is -0.366 e. The third kappa shape index (κ3) is 3.74. The SMILES string of the molecule is C=CCNc1cc(Nc2cc(C)on2)nc(-c2ccccc2)n1. The van der Waals surface area contributed by atoms with Gasteiger partial charge >= 0.3 is 0 Å². The number of rotatable bonds is 6. The van der Waals surface area contributed by atoms with Gasteiger partial charge in [-0.2, -0.15) is 0 Å². The van der Waals surface area contributed by atoms with Crippen molar-refractivity contribution in [3.8, 4) is 11.4 Å². The lowest BCUT2D eigenvalue weighted by molar-refractivity contribution is 0.400. The molecule has 0 aliphatic rings. The first-order valence-electron chi connectivity index (χ1n) is 7.24. The first-order valence-corrected chi connectivity index (χ1v) is 7.24. The molecule has 0 aliphatic carbocycles. The largest absolute Gasteiger partial charge is 0.366 e. The lowest BCUT2D eigenvalue weighted by Gasteiger charge is -2.09. The minimum absolute atomic E-state index is 0.606. The summed E-state index contributed by atoms with van der Waals surface area (Å²) in [6, 6.07) is 13.4. The molecule has 0 fully saturated rings. The van der Waals surface area contributed by atoms with E-state index in [-0.39, 0.29) is 0 Å². The third-order valence-corrected chi connectivity index (χ3v) is 3.07. The van der Waals surface area contributed by atoms with Gasteiger partial charge in [-0.15, -0.1) is 6.58 Å². The summed E-state index contributed by atoms with van der Waals surface area (Å²) in [5.41, 5.74) is 0.939. The van der Waals surface area contributed by atoms with Gasteiger partial charge in [0.25, 0.3) is 0 Å². The Morgan fingerprint density at radius 3 is 2.57 bits per heavy atom. The van der Waals surface area contributed by atoms with Gasteiger partial charge in [0.15, 0.2) is 11.6 Å². The number of hydrogen-bond donors (Lipinski definition) is 2. The highest BCUT2D eigenvalue weighted by molar-refractivity contribution is 5.63. The zero-order chi connectivity index (χ0) is 16.1. The van der Waals surface area contributed by atoms with Crippen molar-refractivity contribution in [3.63, 3.8) is 0 Å². The van der Waals surface area contributed by atoms with E-state index in [0.29, 0.717) is 29.8 Å². The van der Waals surface area contributed by atoms with Crippen LogP contribution in [0.1, 0.15) is 5.76 Å². The molecule has 0 unspecified atom stereocenters. The summed E-state index contributed by atoms with van der Waals surface area (Å²) in [7, 11) is 0. The number of nitrogens with zero attached hydrogens (tertiary/aromatic N) is 3. The molecule has 2 heterocycles. The van der Waals surface area contributed by atoms with Crippen LogP contribution >= 0.6 is 0 Å². The molecular weight excluding hydrogens is 290 g/mol. The molecule has 23 heavy (non-hydrogen) atoms. The Morgan fingerprint density at radius 1 is 1.09 bits per heavy atom. The average molecular weight is 307 g/mol. The van der Waals surface area contributed by atoms with Crippen LogP contribution in [-0.2, 0) is 0 Å². The minimum atomic E-state index is 0.606. The van der Waals surface area contributed by atoms with E-state index >= 15 is 0 Å². The van der Waals surface area contributed by atoms with E-state index in [1.807, 2.05) is 43.3 Å². The first kappa shape index (κ1) is 14.8. The van der Waals surface area contributed by atoms with Gasteiger partial charge in [-0.1, -0.05) is 41.6 Å². The Kier molecular flexibility index (Phi) is 4.33. The Balaban J connectivity index is 1.95. The van der Waals surface area contributed by atoms with Gasteiger partial charge in [0.1, 0.15) is 17.4 Å². The summed E-state index contributed by atoms with van der Waals surface area (Å²) in [6.07, 6.45) is 1.78. The quantitative estimate of drug-likeness (QED) is 0.675. The number of benzene rings is 1. The third-order valence-electron chi connectivity index (χ3n) is 3.07. The van der Waals surface area contributed by atoms with Crippen LogP contribution < -0.4 is 10.6 Å². The summed E-state index contributed by atoms with van der Waals surface area (Å²) < 4.78 is 5.06. The van der Waals surface area contributed by atoms with Crippen LogP contribution in [-0.4, -0.2) is 21.7 Å². The van der Waals surface area contributed by atoms with Gasteiger partial charge in [0, 0.05) is 24.2 Å². The molecule has 0 atom stereocenters. The fraction of sp³-hybridized carbons (Fsp3) is 0.118. The summed E-state index contributed by atoms with van der Waals surface area (Å²) in [4.78, 5) is 9.08. The molecule has 0 spiro atoms. The molecule has 0 amide bonds. The zero-order valence-corrected chi connectivity index (χ0v) is 12.8. The van der Waals surface area contributed by atoms with Crippen LogP contribution in [0.2, 0.25) is 0 Å². The molecule has 0 saturated heterocycles. The summed E-state index contributed by atoms with van der Waals surface area (Å²) in [6.45, 7) is 6.16. The van der Waals surface area contributed by atoms with Crippen molar-refractivity contribution >= 4 is 17.5 Å². The molecule has 1 aromatic carbocycles. The maximum atomic E-state index is 5.06. The smallest absolute Gasteiger partial charge is 0.175 e. The second kappa shape index (κ2) is 6.74. The van der Waals surface area contributed by atoms with Crippen LogP contribution in [0.5, 0.6) is 0 Å². The second-order valence-electron chi connectivity index (χ2n) is 4.95.